The first kappa shape index (κ1) is 15.7. The second-order valence-electron chi connectivity index (χ2n) is 6.43. The number of thiazole rings is 1. The largest absolute Gasteiger partial charge is 0.381 e. The van der Waals surface area contributed by atoms with E-state index < -0.39 is 0 Å². The molecular weight excluding hydrogens is 296 g/mol. The van der Waals surface area contributed by atoms with E-state index in [-0.39, 0.29) is 0 Å². The molecule has 122 valence electrons. The van der Waals surface area contributed by atoms with Crippen molar-refractivity contribution in [3.63, 3.8) is 0 Å². The Labute approximate surface area is 136 Å². The normalized spacial score (nSPS) is 21.6. The van der Waals surface area contributed by atoms with E-state index in [1.54, 1.807) is 11.3 Å². The lowest BCUT2D eigenvalue weighted by Gasteiger charge is -2.33. The maximum atomic E-state index is 5.53. The lowest BCUT2D eigenvalue weighted by molar-refractivity contribution is 0.0217. The zero-order valence-electron chi connectivity index (χ0n) is 13.8. The van der Waals surface area contributed by atoms with E-state index in [1.807, 2.05) is 7.05 Å². The smallest absolute Gasteiger partial charge is 0.193 e. The molecule has 1 aromatic rings. The van der Waals surface area contributed by atoms with Crippen molar-refractivity contribution >= 4 is 17.3 Å². The molecular formula is C16H26N4OS. The summed E-state index contributed by atoms with van der Waals surface area (Å²) in [4.78, 5) is 12.7. The van der Waals surface area contributed by atoms with Crippen LogP contribution in [0.1, 0.15) is 34.8 Å². The highest BCUT2D eigenvalue weighted by atomic mass is 32.1. The molecule has 0 saturated carbocycles. The van der Waals surface area contributed by atoms with Crippen LogP contribution in [-0.2, 0) is 11.3 Å². The third kappa shape index (κ3) is 3.27. The molecule has 3 heterocycles. The van der Waals surface area contributed by atoms with Gasteiger partial charge in [0.15, 0.2) is 5.96 Å². The predicted molar refractivity (Wildman–Crippen MR) is 90.5 cm³/mol. The average molecular weight is 322 g/mol. The molecule has 0 unspecified atom stereocenters. The monoisotopic (exact) mass is 322 g/mol. The Balaban J connectivity index is 1.59. The fraction of sp³-hybridized carbons (Fsp3) is 0.750. The van der Waals surface area contributed by atoms with Gasteiger partial charge in [-0.05, 0) is 38.5 Å². The van der Waals surface area contributed by atoms with Gasteiger partial charge in [0.05, 0.1) is 17.2 Å². The Hall–Kier alpha value is -1.14. The summed E-state index contributed by atoms with van der Waals surface area (Å²) >= 11 is 1.77. The number of aromatic nitrogens is 1. The van der Waals surface area contributed by atoms with Crippen LogP contribution < -0.4 is 5.32 Å². The Kier molecular flexibility index (Phi) is 4.68. The molecule has 0 aliphatic carbocycles. The molecule has 2 aliphatic rings. The van der Waals surface area contributed by atoms with Crippen molar-refractivity contribution in [1.29, 1.82) is 0 Å². The second kappa shape index (κ2) is 6.54. The van der Waals surface area contributed by atoms with Crippen LogP contribution in [0.25, 0.3) is 0 Å². The molecule has 3 rings (SSSR count). The SMILES string of the molecule is CN=C(NCc1sc(C)nc1C)N1CCC2(CCOCC2)C1. The molecule has 2 saturated heterocycles. The van der Waals surface area contributed by atoms with E-state index in [1.165, 1.54) is 24.1 Å². The lowest BCUT2D eigenvalue weighted by Crippen LogP contribution is -2.41. The molecule has 2 fully saturated rings. The number of guanidine groups is 1. The fourth-order valence-electron chi connectivity index (χ4n) is 3.56. The van der Waals surface area contributed by atoms with Gasteiger partial charge in [0.25, 0.3) is 0 Å². The summed E-state index contributed by atoms with van der Waals surface area (Å²) in [7, 11) is 1.88. The van der Waals surface area contributed by atoms with Gasteiger partial charge in [-0.25, -0.2) is 4.98 Å². The third-order valence-electron chi connectivity index (χ3n) is 4.91. The molecule has 2 aliphatic heterocycles. The van der Waals surface area contributed by atoms with Crippen LogP contribution in [0.15, 0.2) is 4.99 Å². The minimum absolute atomic E-state index is 0.451. The number of nitrogens with one attached hydrogen (secondary N) is 1. The number of hydrogen-bond donors (Lipinski definition) is 1. The predicted octanol–water partition coefficient (Wildman–Crippen LogP) is 2.34. The molecule has 1 N–H and O–H groups in total. The van der Waals surface area contributed by atoms with E-state index in [4.69, 9.17) is 4.74 Å². The van der Waals surface area contributed by atoms with Gasteiger partial charge in [-0.3, -0.25) is 4.99 Å². The fourth-order valence-corrected chi connectivity index (χ4v) is 4.43. The Morgan fingerprint density at radius 2 is 2.14 bits per heavy atom. The van der Waals surface area contributed by atoms with Crippen LogP contribution in [0.4, 0.5) is 0 Å². The maximum absolute atomic E-state index is 5.53. The van der Waals surface area contributed by atoms with Crippen molar-refractivity contribution in [2.75, 3.05) is 33.4 Å². The van der Waals surface area contributed by atoms with Crippen molar-refractivity contribution in [2.45, 2.75) is 39.7 Å². The van der Waals surface area contributed by atoms with Crippen LogP contribution >= 0.6 is 11.3 Å². The first-order valence-corrected chi connectivity index (χ1v) is 8.90. The third-order valence-corrected chi connectivity index (χ3v) is 5.98. The Morgan fingerprint density at radius 3 is 2.77 bits per heavy atom. The first-order chi connectivity index (χ1) is 10.6. The molecule has 5 nitrogen and oxygen atoms in total. The zero-order valence-corrected chi connectivity index (χ0v) is 14.6. The zero-order chi connectivity index (χ0) is 15.6. The van der Waals surface area contributed by atoms with Gasteiger partial charge >= 0.3 is 0 Å². The lowest BCUT2D eigenvalue weighted by atomic mass is 9.80. The number of aliphatic imine (C=N–C) groups is 1. The number of nitrogens with zero attached hydrogens (tertiary/aromatic N) is 3. The van der Waals surface area contributed by atoms with Gasteiger partial charge in [0, 0.05) is 38.2 Å². The molecule has 0 bridgehead atoms. The number of ether oxygens (including phenoxy) is 1. The molecule has 6 heteroatoms. The van der Waals surface area contributed by atoms with Gasteiger partial charge < -0.3 is 15.0 Å². The summed E-state index contributed by atoms with van der Waals surface area (Å²) in [6.07, 6.45) is 3.64. The summed E-state index contributed by atoms with van der Waals surface area (Å²) in [6, 6.07) is 0. The number of hydrogen-bond acceptors (Lipinski definition) is 4. The highest BCUT2D eigenvalue weighted by molar-refractivity contribution is 7.11. The van der Waals surface area contributed by atoms with Crippen molar-refractivity contribution in [3.8, 4) is 0 Å². The van der Waals surface area contributed by atoms with Crippen LogP contribution in [0.5, 0.6) is 0 Å². The highest BCUT2D eigenvalue weighted by Gasteiger charge is 2.40. The second-order valence-corrected chi connectivity index (χ2v) is 7.71. The molecule has 0 aromatic carbocycles. The van der Waals surface area contributed by atoms with E-state index in [9.17, 15) is 0 Å². The highest BCUT2D eigenvalue weighted by Crippen LogP contribution is 2.39. The first-order valence-electron chi connectivity index (χ1n) is 8.08. The van der Waals surface area contributed by atoms with Crippen LogP contribution in [-0.4, -0.2) is 49.2 Å². The average Bonchev–Trinajstić information content (AvgIpc) is 3.05. The number of rotatable bonds is 2. The standard InChI is InChI=1S/C16H26N4OS/c1-12-14(22-13(2)19-12)10-18-15(17-3)20-7-4-16(11-20)5-8-21-9-6-16/h4-11H2,1-3H3,(H,17,18). The summed E-state index contributed by atoms with van der Waals surface area (Å²) in [6.45, 7) is 8.99. The quantitative estimate of drug-likeness (QED) is 0.671. The van der Waals surface area contributed by atoms with Crippen molar-refractivity contribution in [2.24, 2.45) is 10.4 Å². The summed E-state index contributed by atoms with van der Waals surface area (Å²) in [5, 5.41) is 4.65. The van der Waals surface area contributed by atoms with E-state index >= 15 is 0 Å². The molecule has 0 amide bonds. The summed E-state index contributed by atoms with van der Waals surface area (Å²) in [5.74, 6) is 1.02. The van der Waals surface area contributed by atoms with Gasteiger partial charge in [-0.15, -0.1) is 11.3 Å². The Bertz CT molecular complexity index is 548. The Morgan fingerprint density at radius 1 is 1.36 bits per heavy atom. The van der Waals surface area contributed by atoms with Crippen molar-refractivity contribution in [3.05, 3.63) is 15.6 Å². The minimum Gasteiger partial charge on any atom is -0.381 e. The number of likely N-dealkylation sites (tertiary alicyclic amines) is 1. The summed E-state index contributed by atoms with van der Waals surface area (Å²) in [5.41, 5.74) is 1.58. The maximum Gasteiger partial charge on any atom is 0.193 e. The molecule has 22 heavy (non-hydrogen) atoms. The summed E-state index contributed by atoms with van der Waals surface area (Å²) < 4.78 is 5.53. The van der Waals surface area contributed by atoms with Gasteiger partial charge in [0.1, 0.15) is 0 Å². The molecule has 0 atom stereocenters. The van der Waals surface area contributed by atoms with Gasteiger partial charge in [-0.2, -0.15) is 0 Å². The van der Waals surface area contributed by atoms with Gasteiger partial charge in [-0.1, -0.05) is 0 Å². The van der Waals surface area contributed by atoms with E-state index in [0.717, 1.165) is 49.5 Å². The van der Waals surface area contributed by atoms with E-state index in [0.29, 0.717) is 5.41 Å². The molecule has 1 aromatic heterocycles. The van der Waals surface area contributed by atoms with E-state index in [2.05, 4.69) is 34.0 Å². The van der Waals surface area contributed by atoms with Crippen LogP contribution in [0.3, 0.4) is 0 Å². The topological polar surface area (TPSA) is 49.8 Å². The van der Waals surface area contributed by atoms with Crippen LogP contribution in [0, 0.1) is 19.3 Å². The van der Waals surface area contributed by atoms with Crippen LogP contribution in [0.2, 0.25) is 0 Å². The molecule has 1 spiro atoms. The number of aryl methyl sites for hydroxylation is 2. The molecule has 0 radical (unpaired) electrons. The van der Waals surface area contributed by atoms with Crippen molar-refractivity contribution < 1.29 is 4.74 Å². The minimum atomic E-state index is 0.451. The van der Waals surface area contributed by atoms with Gasteiger partial charge in [0.2, 0.25) is 0 Å². The van der Waals surface area contributed by atoms with Crippen molar-refractivity contribution in [1.82, 2.24) is 15.2 Å².